The Kier molecular flexibility index (Phi) is 4.35. The molecule has 0 aliphatic carbocycles. The van der Waals surface area contributed by atoms with Gasteiger partial charge >= 0.3 is 0 Å². The minimum Gasteiger partial charge on any atom is -0.376 e. The molecule has 2 fully saturated rings. The standard InChI is InChI=1S/C15H24N4O/c1-12-10-14(19-7-3-2-4-8-19)18-15(17-12)16-11-13-6-5-9-20-13/h10,13H,2-9,11H2,1H3,(H,16,17,18). The highest BCUT2D eigenvalue weighted by molar-refractivity contribution is 5.45. The summed E-state index contributed by atoms with van der Waals surface area (Å²) in [4.78, 5) is 11.5. The number of ether oxygens (including phenoxy) is 1. The van der Waals surface area contributed by atoms with Crippen LogP contribution in [-0.4, -0.2) is 42.3 Å². The van der Waals surface area contributed by atoms with Gasteiger partial charge in [0.25, 0.3) is 0 Å². The van der Waals surface area contributed by atoms with E-state index in [4.69, 9.17) is 4.74 Å². The van der Waals surface area contributed by atoms with E-state index in [0.717, 1.165) is 50.1 Å². The van der Waals surface area contributed by atoms with Gasteiger partial charge in [0.15, 0.2) is 0 Å². The lowest BCUT2D eigenvalue weighted by molar-refractivity contribution is 0.120. The van der Waals surface area contributed by atoms with Gasteiger partial charge in [-0.2, -0.15) is 4.98 Å². The zero-order chi connectivity index (χ0) is 13.8. The van der Waals surface area contributed by atoms with Crippen LogP contribution < -0.4 is 10.2 Å². The van der Waals surface area contributed by atoms with Crippen molar-refractivity contribution in [3.8, 4) is 0 Å². The Morgan fingerprint density at radius 2 is 2.10 bits per heavy atom. The summed E-state index contributed by atoms with van der Waals surface area (Å²) in [5, 5.41) is 3.33. The van der Waals surface area contributed by atoms with Crippen LogP contribution in [0, 0.1) is 6.92 Å². The summed E-state index contributed by atoms with van der Waals surface area (Å²) >= 11 is 0. The number of aryl methyl sites for hydroxylation is 1. The second-order valence-electron chi connectivity index (χ2n) is 5.75. The maximum atomic E-state index is 5.62. The molecule has 0 radical (unpaired) electrons. The number of hydrogen-bond donors (Lipinski definition) is 1. The molecule has 1 aromatic heterocycles. The Balaban J connectivity index is 1.65. The Morgan fingerprint density at radius 1 is 1.25 bits per heavy atom. The summed E-state index contributed by atoms with van der Waals surface area (Å²) in [5.41, 5.74) is 1.02. The van der Waals surface area contributed by atoms with E-state index in [1.807, 2.05) is 6.92 Å². The first-order valence-corrected chi connectivity index (χ1v) is 7.77. The summed E-state index contributed by atoms with van der Waals surface area (Å²) in [6.45, 7) is 5.96. The van der Waals surface area contributed by atoms with Crippen molar-refractivity contribution in [3.05, 3.63) is 11.8 Å². The third-order valence-electron chi connectivity index (χ3n) is 4.03. The number of piperidine rings is 1. The van der Waals surface area contributed by atoms with Crippen LogP contribution in [0.1, 0.15) is 37.8 Å². The SMILES string of the molecule is Cc1cc(N2CCCCC2)nc(NCC2CCCO2)n1. The van der Waals surface area contributed by atoms with Gasteiger partial charge in [-0.15, -0.1) is 0 Å². The quantitative estimate of drug-likeness (QED) is 0.915. The van der Waals surface area contributed by atoms with Crippen molar-refractivity contribution >= 4 is 11.8 Å². The molecule has 0 bridgehead atoms. The third kappa shape index (κ3) is 3.39. The molecular weight excluding hydrogens is 252 g/mol. The molecule has 0 saturated carbocycles. The maximum absolute atomic E-state index is 5.62. The van der Waals surface area contributed by atoms with Crippen LogP contribution in [0.5, 0.6) is 0 Å². The minimum atomic E-state index is 0.317. The first-order valence-electron chi connectivity index (χ1n) is 7.77. The molecule has 2 saturated heterocycles. The molecule has 0 spiro atoms. The summed E-state index contributed by atoms with van der Waals surface area (Å²) in [6, 6.07) is 2.09. The van der Waals surface area contributed by atoms with Crippen LogP contribution in [0.3, 0.4) is 0 Å². The number of nitrogens with one attached hydrogen (secondary N) is 1. The molecule has 1 atom stereocenters. The van der Waals surface area contributed by atoms with E-state index < -0.39 is 0 Å². The molecule has 1 unspecified atom stereocenters. The second-order valence-corrected chi connectivity index (χ2v) is 5.75. The highest BCUT2D eigenvalue weighted by Gasteiger charge is 2.17. The van der Waals surface area contributed by atoms with E-state index in [-0.39, 0.29) is 0 Å². The van der Waals surface area contributed by atoms with Crippen LogP contribution >= 0.6 is 0 Å². The first kappa shape index (κ1) is 13.6. The van der Waals surface area contributed by atoms with Crippen LogP contribution in [0.15, 0.2) is 6.07 Å². The molecule has 20 heavy (non-hydrogen) atoms. The lowest BCUT2D eigenvalue weighted by Gasteiger charge is -2.28. The second kappa shape index (κ2) is 6.39. The topological polar surface area (TPSA) is 50.3 Å². The molecule has 3 rings (SSSR count). The van der Waals surface area contributed by atoms with Crippen molar-refractivity contribution in [3.63, 3.8) is 0 Å². The third-order valence-corrected chi connectivity index (χ3v) is 4.03. The lowest BCUT2D eigenvalue weighted by Crippen LogP contribution is -2.30. The van der Waals surface area contributed by atoms with Gasteiger partial charge in [-0.3, -0.25) is 0 Å². The maximum Gasteiger partial charge on any atom is 0.224 e. The highest BCUT2D eigenvalue weighted by Crippen LogP contribution is 2.20. The van der Waals surface area contributed by atoms with Crippen LogP contribution in [0.4, 0.5) is 11.8 Å². The van der Waals surface area contributed by atoms with Gasteiger partial charge in [0.05, 0.1) is 6.10 Å². The average molecular weight is 276 g/mol. The fraction of sp³-hybridized carbons (Fsp3) is 0.733. The highest BCUT2D eigenvalue weighted by atomic mass is 16.5. The predicted molar refractivity (Wildman–Crippen MR) is 80.3 cm³/mol. The van der Waals surface area contributed by atoms with Gasteiger partial charge < -0.3 is 15.0 Å². The van der Waals surface area contributed by atoms with Gasteiger partial charge in [-0.1, -0.05) is 0 Å². The van der Waals surface area contributed by atoms with Gasteiger partial charge in [0.2, 0.25) is 5.95 Å². The number of hydrogen-bond acceptors (Lipinski definition) is 5. The molecule has 110 valence electrons. The number of aromatic nitrogens is 2. The zero-order valence-corrected chi connectivity index (χ0v) is 12.3. The largest absolute Gasteiger partial charge is 0.376 e. The fourth-order valence-corrected chi connectivity index (χ4v) is 2.93. The summed E-state index contributed by atoms with van der Waals surface area (Å²) in [6.07, 6.45) is 6.49. The van der Waals surface area contributed by atoms with E-state index in [0.29, 0.717) is 6.10 Å². The van der Waals surface area contributed by atoms with E-state index in [9.17, 15) is 0 Å². The van der Waals surface area contributed by atoms with Gasteiger partial charge in [-0.25, -0.2) is 4.98 Å². The summed E-state index contributed by atoms with van der Waals surface area (Å²) in [5.74, 6) is 1.80. The molecule has 1 N–H and O–H groups in total. The van der Waals surface area contributed by atoms with Crippen LogP contribution in [-0.2, 0) is 4.74 Å². The molecule has 5 nitrogen and oxygen atoms in total. The Bertz CT molecular complexity index is 439. The van der Waals surface area contributed by atoms with Gasteiger partial charge in [-0.05, 0) is 39.0 Å². The van der Waals surface area contributed by atoms with E-state index in [1.54, 1.807) is 0 Å². The molecular formula is C15H24N4O. The molecule has 5 heteroatoms. The van der Waals surface area contributed by atoms with Crippen molar-refractivity contribution in [2.45, 2.75) is 45.1 Å². The van der Waals surface area contributed by atoms with Gasteiger partial charge in [0, 0.05) is 38.0 Å². The number of anilines is 2. The Morgan fingerprint density at radius 3 is 2.85 bits per heavy atom. The normalized spacial score (nSPS) is 23.1. The monoisotopic (exact) mass is 276 g/mol. The average Bonchev–Trinajstić information content (AvgIpc) is 2.99. The molecule has 0 aromatic carbocycles. The number of rotatable bonds is 4. The molecule has 2 aliphatic heterocycles. The molecule has 3 heterocycles. The lowest BCUT2D eigenvalue weighted by atomic mass is 10.1. The molecule has 0 amide bonds. The van der Waals surface area contributed by atoms with Gasteiger partial charge in [0.1, 0.15) is 5.82 Å². The minimum absolute atomic E-state index is 0.317. The fourth-order valence-electron chi connectivity index (χ4n) is 2.93. The van der Waals surface area contributed by atoms with Crippen molar-refractivity contribution in [1.82, 2.24) is 9.97 Å². The van der Waals surface area contributed by atoms with E-state index >= 15 is 0 Å². The smallest absolute Gasteiger partial charge is 0.224 e. The summed E-state index contributed by atoms with van der Waals surface area (Å²) < 4.78 is 5.62. The van der Waals surface area contributed by atoms with Crippen LogP contribution in [0.2, 0.25) is 0 Å². The molecule has 1 aromatic rings. The van der Waals surface area contributed by atoms with E-state index in [2.05, 4.69) is 26.3 Å². The van der Waals surface area contributed by atoms with Crippen molar-refractivity contribution in [2.24, 2.45) is 0 Å². The Hall–Kier alpha value is -1.36. The Labute approximate surface area is 120 Å². The van der Waals surface area contributed by atoms with Crippen molar-refractivity contribution in [1.29, 1.82) is 0 Å². The zero-order valence-electron chi connectivity index (χ0n) is 12.3. The predicted octanol–water partition coefficient (Wildman–Crippen LogP) is 2.37. The number of nitrogens with zero attached hydrogens (tertiary/aromatic N) is 3. The van der Waals surface area contributed by atoms with Crippen molar-refractivity contribution in [2.75, 3.05) is 36.5 Å². The molecule has 2 aliphatic rings. The van der Waals surface area contributed by atoms with Crippen LogP contribution in [0.25, 0.3) is 0 Å². The van der Waals surface area contributed by atoms with Crippen molar-refractivity contribution < 1.29 is 4.74 Å². The first-order chi connectivity index (χ1) is 9.81. The summed E-state index contributed by atoms with van der Waals surface area (Å²) in [7, 11) is 0. The van der Waals surface area contributed by atoms with E-state index in [1.165, 1.54) is 25.7 Å².